The van der Waals surface area contributed by atoms with Crippen LogP contribution in [0.5, 0.6) is 0 Å². The summed E-state index contributed by atoms with van der Waals surface area (Å²) in [6.07, 6.45) is 0.277. The smallest absolute Gasteiger partial charge is 0.333 e. The van der Waals surface area contributed by atoms with Gasteiger partial charge in [0.25, 0.3) is 5.91 Å². The molecular formula is C27H24N2O5. The van der Waals surface area contributed by atoms with Crippen LogP contribution in [0.1, 0.15) is 22.7 Å². The van der Waals surface area contributed by atoms with Gasteiger partial charge in [0.1, 0.15) is 5.54 Å². The molecule has 34 heavy (non-hydrogen) atoms. The fraction of sp³-hybridized carbons (Fsp3) is 0.185. The molecule has 3 amide bonds. The highest BCUT2D eigenvalue weighted by atomic mass is 16.5. The number of amides is 3. The molecule has 1 atom stereocenters. The standard InChI is InChI=1S/C27H24N2O5/c1-34-25(32)22(21-15-9-4-10-16-21)29-24(31)23(30)28-27(26(29)33,17-19-11-5-2-6-12-19)18-20-13-7-3-8-14-20/h2-16,22H,17-18H2,1H3,(H,28,30). The molecule has 4 rings (SSSR count). The molecule has 1 aliphatic rings. The van der Waals surface area contributed by atoms with Crippen molar-refractivity contribution < 1.29 is 23.9 Å². The van der Waals surface area contributed by atoms with Gasteiger partial charge in [0, 0.05) is 12.8 Å². The third-order valence-corrected chi connectivity index (χ3v) is 5.89. The SMILES string of the molecule is COC(=O)C(c1ccccc1)N1C(=O)C(=O)NC(Cc2ccccc2)(Cc2ccccc2)C1=O. The zero-order valence-electron chi connectivity index (χ0n) is 18.6. The van der Waals surface area contributed by atoms with Crippen molar-refractivity contribution in [2.45, 2.75) is 24.4 Å². The Labute approximate surface area is 197 Å². The van der Waals surface area contributed by atoms with E-state index in [1.807, 2.05) is 60.7 Å². The van der Waals surface area contributed by atoms with E-state index >= 15 is 0 Å². The number of carbonyl (C=O) groups excluding carboxylic acids is 4. The molecule has 7 nitrogen and oxygen atoms in total. The van der Waals surface area contributed by atoms with Crippen LogP contribution in [0, 0.1) is 0 Å². The Kier molecular flexibility index (Phi) is 6.54. The van der Waals surface area contributed by atoms with Crippen LogP contribution in [0.25, 0.3) is 0 Å². The normalized spacial score (nSPS) is 16.0. The molecule has 1 aliphatic heterocycles. The van der Waals surface area contributed by atoms with E-state index in [2.05, 4.69) is 5.32 Å². The van der Waals surface area contributed by atoms with Crippen molar-refractivity contribution in [2.75, 3.05) is 7.11 Å². The van der Waals surface area contributed by atoms with Crippen LogP contribution in [0.3, 0.4) is 0 Å². The van der Waals surface area contributed by atoms with Gasteiger partial charge >= 0.3 is 17.8 Å². The molecule has 0 radical (unpaired) electrons. The molecule has 1 fully saturated rings. The summed E-state index contributed by atoms with van der Waals surface area (Å²) in [5, 5.41) is 2.69. The number of carbonyl (C=O) groups is 4. The zero-order valence-corrected chi connectivity index (χ0v) is 18.6. The lowest BCUT2D eigenvalue weighted by Gasteiger charge is -2.43. The average molecular weight is 456 g/mol. The van der Waals surface area contributed by atoms with Gasteiger partial charge in [-0.15, -0.1) is 0 Å². The van der Waals surface area contributed by atoms with Crippen LogP contribution in [0.4, 0.5) is 0 Å². The highest BCUT2D eigenvalue weighted by Gasteiger charge is 2.54. The molecular weight excluding hydrogens is 432 g/mol. The number of benzene rings is 3. The molecule has 0 bridgehead atoms. The second kappa shape index (κ2) is 9.70. The Morgan fingerprint density at radius 1 is 0.824 bits per heavy atom. The lowest BCUT2D eigenvalue weighted by atomic mass is 9.81. The van der Waals surface area contributed by atoms with Crippen molar-refractivity contribution in [1.29, 1.82) is 0 Å². The number of methoxy groups -OCH3 is 1. The topological polar surface area (TPSA) is 92.8 Å². The summed E-state index contributed by atoms with van der Waals surface area (Å²) in [6, 6.07) is 25.4. The summed E-state index contributed by atoms with van der Waals surface area (Å²) in [7, 11) is 1.18. The number of hydrogen-bond acceptors (Lipinski definition) is 5. The van der Waals surface area contributed by atoms with Crippen LogP contribution >= 0.6 is 0 Å². The van der Waals surface area contributed by atoms with E-state index in [1.54, 1.807) is 30.3 Å². The van der Waals surface area contributed by atoms with E-state index in [4.69, 9.17) is 4.74 Å². The molecule has 1 unspecified atom stereocenters. The van der Waals surface area contributed by atoms with Crippen molar-refractivity contribution in [3.8, 4) is 0 Å². The van der Waals surface area contributed by atoms with E-state index in [-0.39, 0.29) is 12.8 Å². The van der Waals surface area contributed by atoms with Gasteiger partial charge in [-0.3, -0.25) is 19.3 Å². The summed E-state index contributed by atoms with van der Waals surface area (Å²) in [5.74, 6) is -3.52. The van der Waals surface area contributed by atoms with E-state index in [1.165, 1.54) is 7.11 Å². The summed E-state index contributed by atoms with van der Waals surface area (Å²) >= 11 is 0. The molecule has 1 heterocycles. The van der Waals surface area contributed by atoms with E-state index in [0.717, 1.165) is 16.0 Å². The van der Waals surface area contributed by atoms with Crippen molar-refractivity contribution in [3.63, 3.8) is 0 Å². The van der Waals surface area contributed by atoms with E-state index in [0.29, 0.717) is 5.56 Å². The second-order valence-corrected chi connectivity index (χ2v) is 8.18. The molecule has 0 aromatic heterocycles. The molecule has 1 N–H and O–H groups in total. The number of hydrogen-bond donors (Lipinski definition) is 1. The third-order valence-electron chi connectivity index (χ3n) is 5.89. The van der Waals surface area contributed by atoms with Crippen molar-refractivity contribution >= 4 is 23.7 Å². The van der Waals surface area contributed by atoms with Gasteiger partial charge in [-0.1, -0.05) is 91.0 Å². The number of rotatable bonds is 7. The summed E-state index contributed by atoms with van der Waals surface area (Å²) < 4.78 is 4.94. The highest BCUT2D eigenvalue weighted by molar-refractivity contribution is 6.41. The summed E-state index contributed by atoms with van der Waals surface area (Å²) in [6.45, 7) is 0. The second-order valence-electron chi connectivity index (χ2n) is 8.18. The number of piperazine rings is 1. The molecule has 3 aromatic rings. The van der Waals surface area contributed by atoms with Gasteiger partial charge in [-0.05, 0) is 16.7 Å². The average Bonchev–Trinajstić information content (AvgIpc) is 2.87. The minimum Gasteiger partial charge on any atom is -0.467 e. The van der Waals surface area contributed by atoms with Crippen molar-refractivity contribution in [2.24, 2.45) is 0 Å². The van der Waals surface area contributed by atoms with Crippen LogP contribution < -0.4 is 5.32 Å². The Morgan fingerprint density at radius 3 is 1.76 bits per heavy atom. The third kappa shape index (κ3) is 4.45. The van der Waals surface area contributed by atoms with Crippen LogP contribution in [-0.4, -0.2) is 41.2 Å². The number of nitrogens with zero attached hydrogens (tertiary/aromatic N) is 1. The van der Waals surface area contributed by atoms with E-state index in [9.17, 15) is 19.2 Å². The lowest BCUT2D eigenvalue weighted by molar-refractivity contribution is -0.170. The molecule has 0 aliphatic carbocycles. The van der Waals surface area contributed by atoms with Gasteiger partial charge in [-0.25, -0.2) is 4.79 Å². The van der Waals surface area contributed by atoms with Crippen LogP contribution in [0.2, 0.25) is 0 Å². The Bertz CT molecular complexity index is 1150. The largest absolute Gasteiger partial charge is 0.467 e. The molecule has 1 saturated heterocycles. The summed E-state index contributed by atoms with van der Waals surface area (Å²) in [5.41, 5.74) is 0.500. The van der Waals surface area contributed by atoms with Gasteiger partial charge in [-0.2, -0.15) is 0 Å². The first-order valence-electron chi connectivity index (χ1n) is 10.9. The van der Waals surface area contributed by atoms with Crippen molar-refractivity contribution in [1.82, 2.24) is 10.2 Å². The monoisotopic (exact) mass is 456 g/mol. The van der Waals surface area contributed by atoms with Crippen molar-refractivity contribution in [3.05, 3.63) is 108 Å². The minimum atomic E-state index is -1.48. The lowest BCUT2D eigenvalue weighted by Crippen LogP contribution is -2.71. The Morgan fingerprint density at radius 2 is 1.29 bits per heavy atom. The number of esters is 1. The first-order chi connectivity index (χ1) is 16.4. The fourth-order valence-electron chi connectivity index (χ4n) is 4.32. The number of imide groups is 1. The molecule has 7 heteroatoms. The number of nitrogens with one attached hydrogen (secondary N) is 1. The maximum Gasteiger partial charge on any atom is 0.333 e. The van der Waals surface area contributed by atoms with Gasteiger partial charge in [0.2, 0.25) is 0 Å². The minimum absolute atomic E-state index is 0.139. The Balaban J connectivity index is 1.84. The van der Waals surface area contributed by atoms with Gasteiger partial charge in [0.15, 0.2) is 6.04 Å². The molecule has 0 saturated carbocycles. The maximum absolute atomic E-state index is 14.1. The Hall–Kier alpha value is -4.26. The fourth-order valence-corrected chi connectivity index (χ4v) is 4.32. The summed E-state index contributed by atoms with van der Waals surface area (Å²) in [4.78, 5) is 53.8. The van der Waals surface area contributed by atoms with Crippen LogP contribution in [0.15, 0.2) is 91.0 Å². The van der Waals surface area contributed by atoms with Gasteiger partial charge < -0.3 is 10.1 Å². The first-order valence-corrected chi connectivity index (χ1v) is 10.9. The molecule has 0 spiro atoms. The maximum atomic E-state index is 14.1. The number of ether oxygens (including phenoxy) is 1. The van der Waals surface area contributed by atoms with E-state index < -0.39 is 35.3 Å². The predicted octanol–water partition coefficient (Wildman–Crippen LogP) is 2.61. The zero-order chi connectivity index (χ0) is 24.1. The predicted molar refractivity (Wildman–Crippen MR) is 124 cm³/mol. The molecule has 172 valence electrons. The van der Waals surface area contributed by atoms with Gasteiger partial charge in [0.05, 0.1) is 7.11 Å². The first kappa shape index (κ1) is 22.9. The quantitative estimate of drug-likeness (QED) is 0.335. The highest BCUT2D eigenvalue weighted by Crippen LogP contribution is 2.32. The van der Waals surface area contributed by atoms with Crippen LogP contribution in [-0.2, 0) is 36.8 Å². The molecule has 3 aromatic carbocycles.